The van der Waals surface area contributed by atoms with Gasteiger partial charge in [-0.2, -0.15) is 0 Å². The molecule has 0 aliphatic carbocycles. The maximum absolute atomic E-state index is 13.1. The number of aromatic carboxylic acids is 1. The van der Waals surface area contributed by atoms with Gasteiger partial charge in [0.25, 0.3) is 0 Å². The molecule has 0 aliphatic heterocycles. The molecule has 0 spiro atoms. The van der Waals surface area contributed by atoms with Crippen LogP contribution < -0.4 is 0 Å². The number of hydrogen-bond donors (Lipinski definition) is 5. The number of phenolic OH excluding ortho intramolecular Hbond substituents is 4. The van der Waals surface area contributed by atoms with Gasteiger partial charge in [-0.25, -0.2) is 4.79 Å². The fourth-order valence-corrected chi connectivity index (χ4v) is 6.23. The Morgan fingerprint density at radius 2 is 0.962 bits per heavy atom. The third kappa shape index (κ3) is 3.67. The summed E-state index contributed by atoms with van der Waals surface area (Å²) in [6.07, 6.45) is 0. The standard InChI is InChI=1S/C14H5I5O7/c15-4-3(11(22)8(19)13(24)6(4)17)9(20)2-1(14(25)26)5(16)12(23)7(18)10(2)21/h21-24H,(H,25,26). The highest BCUT2D eigenvalue weighted by Crippen LogP contribution is 2.44. The quantitative estimate of drug-likeness (QED) is 0.175. The Morgan fingerprint density at radius 3 is 1.42 bits per heavy atom. The summed E-state index contributed by atoms with van der Waals surface area (Å²) < 4.78 is 0.331. The monoisotopic (exact) mass is 920 g/mol. The van der Waals surface area contributed by atoms with Crippen LogP contribution in [0, 0.1) is 17.9 Å². The Morgan fingerprint density at radius 1 is 0.538 bits per heavy atom. The lowest BCUT2D eigenvalue weighted by atomic mass is 9.96. The minimum Gasteiger partial charge on any atom is -0.506 e. The molecule has 138 valence electrons. The number of carbonyl (C=O) groups excluding carboxylic acids is 1. The third-order valence-electron chi connectivity index (χ3n) is 3.27. The van der Waals surface area contributed by atoms with Crippen LogP contribution in [0.4, 0.5) is 0 Å². The van der Waals surface area contributed by atoms with E-state index >= 15 is 0 Å². The summed E-state index contributed by atoms with van der Waals surface area (Å²) in [7, 11) is 0. The average Bonchev–Trinajstić information content (AvgIpc) is 2.58. The smallest absolute Gasteiger partial charge is 0.337 e. The van der Waals surface area contributed by atoms with E-state index in [0.29, 0.717) is 3.57 Å². The van der Waals surface area contributed by atoms with Gasteiger partial charge >= 0.3 is 5.97 Å². The van der Waals surface area contributed by atoms with Crippen LogP contribution in [0.1, 0.15) is 26.3 Å². The number of aromatic hydroxyl groups is 4. The molecule has 0 aliphatic rings. The van der Waals surface area contributed by atoms with Crippen molar-refractivity contribution in [2.75, 3.05) is 0 Å². The second kappa shape index (κ2) is 8.43. The van der Waals surface area contributed by atoms with E-state index in [9.17, 15) is 35.1 Å². The highest BCUT2D eigenvalue weighted by Gasteiger charge is 2.33. The number of carbonyl (C=O) groups is 2. The molecule has 0 radical (unpaired) electrons. The van der Waals surface area contributed by atoms with Crippen LogP contribution in [0.5, 0.6) is 23.0 Å². The highest BCUT2D eigenvalue weighted by molar-refractivity contribution is 14.1. The molecule has 26 heavy (non-hydrogen) atoms. The van der Waals surface area contributed by atoms with Gasteiger partial charge in [-0.15, -0.1) is 0 Å². The molecule has 7 nitrogen and oxygen atoms in total. The summed E-state index contributed by atoms with van der Waals surface area (Å²) in [5.74, 6) is -4.33. The van der Waals surface area contributed by atoms with Crippen LogP contribution >= 0.6 is 113 Å². The lowest BCUT2D eigenvalue weighted by molar-refractivity contribution is 0.0690. The van der Waals surface area contributed by atoms with Crippen molar-refractivity contribution in [3.63, 3.8) is 0 Å². The molecule has 12 heteroatoms. The largest absolute Gasteiger partial charge is 0.506 e. The lowest BCUT2D eigenvalue weighted by Crippen LogP contribution is -2.15. The predicted molar refractivity (Wildman–Crippen MR) is 134 cm³/mol. The van der Waals surface area contributed by atoms with E-state index in [-0.39, 0.29) is 25.6 Å². The molecule has 5 N–H and O–H groups in total. The Kier molecular flexibility index (Phi) is 7.37. The van der Waals surface area contributed by atoms with E-state index in [0.717, 1.165) is 0 Å². The van der Waals surface area contributed by atoms with Gasteiger partial charge in [0.05, 0.1) is 31.0 Å². The number of carboxylic acids is 1. The number of benzene rings is 2. The van der Waals surface area contributed by atoms with Crippen molar-refractivity contribution in [1.82, 2.24) is 0 Å². The Labute approximate surface area is 214 Å². The molecule has 0 saturated heterocycles. The summed E-state index contributed by atoms with van der Waals surface area (Å²) in [6, 6.07) is 0. The fraction of sp³-hybridized carbons (Fsp3) is 0. The van der Waals surface area contributed by atoms with E-state index in [4.69, 9.17) is 0 Å². The van der Waals surface area contributed by atoms with E-state index in [2.05, 4.69) is 0 Å². The van der Waals surface area contributed by atoms with Crippen LogP contribution in [-0.2, 0) is 0 Å². The number of carboxylic acid groups (broad SMARTS) is 1. The topological polar surface area (TPSA) is 135 Å². The van der Waals surface area contributed by atoms with Crippen LogP contribution in [0.15, 0.2) is 0 Å². The van der Waals surface area contributed by atoms with Gasteiger partial charge in [0.2, 0.25) is 5.78 Å². The molecular weight excluding hydrogens is 915 g/mol. The lowest BCUT2D eigenvalue weighted by Gasteiger charge is -2.16. The predicted octanol–water partition coefficient (Wildman–Crippen LogP) is 4.46. The van der Waals surface area contributed by atoms with E-state index in [1.165, 1.54) is 0 Å². The number of phenols is 4. The number of rotatable bonds is 3. The second-order valence-electron chi connectivity index (χ2n) is 4.72. The van der Waals surface area contributed by atoms with Gasteiger partial charge in [0, 0.05) is 3.57 Å². The van der Waals surface area contributed by atoms with Crippen LogP contribution in [0.3, 0.4) is 0 Å². The van der Waals surface area contributed by atoms with Gasteiger partial charge in [-0.3, -0.25) is 4.79 Å². The first kappa shape index (κ1) is 22.7. The fourth-order valence-electron chi connectivity index (χ4n) is 2.05. The number of hydrogen-bond acceptors (Lipinski definition) is 6. The van der Waals surface area contributed by atoms with Gasteiger partial charge in [-0.1, -0.05) is 0 Å². The summed E-state index contributed by atoms with van der Waals surface area (Å²) in [5, 5.41) is 50.2. The zero-order valence-corrected chi connectivity index (χ0v) is 22.7. The number of ketones is 1. The van der Waals surface area contributed by atoms with Crippen molar-refractivity contribution < 1.29 is 35.1 Å². The van der Waals surface area contributed by atoms with Crippen molar-refractivity contribution >= 4 is 125 Å². The Hall–Kier alpha value is 0.430. The highest BCUT2D eigenvalue weighted by atomic mass is 127. The zero-order valence-electron chi connectivity index (χ0n) is 11.9. The summed E-state index contributed by atoms with van der Waals surface area (Å²) in [6.45, 7) is 0. The molecule has 0 bridgehead atoms. The van der Waals surface area contributed by atoms with Crippen molar-refractivity contribution in [1.29, 1.82) is 0 Å². The minimum atomic E-state index is -1.52. The maximum atomic E-state index is 13.1. The molecule has 0 heterocycles. The molecular formula is C14H5I5O7. The van der Waals surface area contributed by atoms with E-state index in [1.807, 2.05) is 0 Å². The van der Waals surface area contributed by atoms with Crippen LogP contribution in [0.25, 0.3) is 0 Å². The van der Waals surface area contributed by atoms with Gasteiger partial charge in [0.15, 0.2) is 0 Å². The minimum absolute atomic E-state index is 0.0234. The van der Waals surface area contributed by atoms with Crippen LogP contribution in [0.2, 0.25) is 0 Å². The van der Waals surface area contributed by atoms with Crippen molar-refractivity contribution in [2.24, 2.45) is 0 Å². The van der Waals surface area contributed by atoms with Crippen molar-refractivity contribution in [3.8, 4) is 23.0 Å². The first-order chi connectivity index (χ1) is 11.9. The molecule has 2 rings (SSSR count). The maximum Gasteiger partial charge on any atom is 0.337 e. The van der Waals surface area contributed by atoms with E-state index < -0.39 is 40.1 Å². The molecule has 0 atom stereocenters. The number of halogens is 5. The Balaban J connectivity index is 2.96. The molecule has 0 fully saturated rings. The van der Waals surface area contributed by atoms with Gasteiger partial charge < -0.3 is 25.5 Å². The summed E-state index contributed by atoms with van der Waals surface area (Å²) in [4.78, 5) is 24.8. The van der Waals surface area contributed by atoms with Crippen molar-refractivity contribution in [2.45, 2.75) is 0 Å². The first-order valence-corrected chi connectivity index (χ1v) is 11.6. The van der Waals surface area contributed by atoms with Crippen LogP contribution in [-0.4, -0.2) is 37.3 Å². The SMILES string of the molecule is O=C(c1c(O)c(I)c(O)c(I)c1I)c1c(O)c(I)c(O)c(I)c1C(=O)O. The average molecular weight is 920 g/mol. The molecule has 0 unspecified atom stereocenters. The third-order valence-corrected chi connectivity index (χ3v) is 9.53. The Bertz CT molecular complexity index is 958. The van der Waals surface area contributed by atoms with Gasteiger partial charge in [0.1, 0.15) is 23.0 Å². The molecule has 0 aromatic heterocycles. The summed E-state index contributed by atoms with van der Waals surface area (Å²) >= 11 is 8.36. The molecule has 2 aromatic rings. The summed E-state index contributed by atoms with van der Waals surface area (Å²) in [5.41, 5.74) is -1.36. The normalized spacial score (nSPS) is 10.8. The molecule has 2 aromatic carbocycles. The van der Waals surface area contributed by atoms with E-state index in [1.54, 1.807) is 113 Å². The molecule has 0 saturated carbocycles. The first-order valence-electron chi connectivity index (χ1n) is 6.22. The molecule has 0 amide bonds. The zero-order chi connectivity index (χ0) is 20.1. The second-order valence-corrected chi connectivity index (χ2v) is 10.1. The van der Waals surface area contributed by atoms with Crippen molar-refractivity contribution in [3.05, 3.63) is 34.5 Å². The van der Waals surface area contributed by atoms with Gasteiger partial charge in [-0.05, 0) is 113 Å².